The summed E-state index contributed by atoms with van der Waals surface area (Å²) in [5.74, 6) is 0.759. The highest BCUT2D eigenvalue weighted by atomic mass is 16.5. The Kier molecular flexibility index (Phi) is 5.48. The van der Waals surface area contributed by atoms with Crippen LogP contribution in [-0.4, -0.2) is 56.2 Å². The van der Waals surface area contributed by atoms with Gasteiger partial charge >= 0.3 is 0 Å². The van der Waals surface area contributed by atoms with E-state index < -0.39 is 0 Å². The highest BCUT2D eigenvalue weighted by molar-refractivity contribution is 5.54. The minimum atomic E-state index is 0.520. The van der Waals surface area contributed by atoms with Crippen molar-refractivity contribution in [2.24, 2.45) is 0 Å². The second kappa shape index (κ2) is 7.14. The van der Waals surface area contributed by atoms with Gasteiger partial charge in [0.15, 0.2) is 0 Å². The van der Waals surface area contributed by atoms with Gasteiger partial charge in [0.25, 0.3) is 0 Å². The van der Waals surface area contributed by atoms with Crippen LogP contribution in [0.15, 0.2) is 18.2 Å². The van der Waals surface area contributed by atoms with Crippen LogP contribution < -0.4 is 10.5 Å². The first kappa shape index (κ1) is 16.1. The molecule has 2 N–H and O–H groups in total. The average molecular weight is 291 g/mol. The van der Waals surface area contributed by atoms with Crippen LogP contribution in [0.4, 0.5) is 5.69 Å². The number of nitrogen functional groups attached to an aromatic ring is 1. The number of rotatable bonds is 5. The summed E-state index contributed by atoms with van der Waals surface area (Å²) in [6.45, 7) is 4.72. The fourth-order valence-electron chi connectivity index (χ4n) is 3.16. The van der Waals surface area contributed by atoms with Gasteiger partial charge < -0.3 is 20.3 Å². The van der Waals surface area contributed by atoms with Crippen LogP contribution in [0.2, 0.25) is 0 Å². The first-order valence-electron chi connectivity index (χ1n) is 7.84. The number of hydrogen-bond acceptors (Lipinski definition) is 4. The predicted octanol–water partition coefficient (Wildman–Crippen LogP) is 2.23. The van der Waals surface area contributed by atoms with Gasteiger partial charge in [-0.2, -0.15) is 0 Å². The van der Waals surface area contributed by atoms with Crippen molar-refractivity contribution in [1.29, 1.82) is 0 Å². The molecule has 0 radical (unpaired) electrons. The number of likely N-dealkylation sites (tertiary alicyclic amines) is 1. The summed E-state index contributed by atoms with van der Waals surface area (Å²) in [6, 6.07) is 7.34. The van der Waals surface area contributed by atoms with E-state index in [-0.39, 0.29) is 0 Å². The van der Waals surface area contributed by atoms with Crippen LogP contribution in [-0.2, 0) is 6.42 Å². The maximum Gasteiger partial charge on any atom is 0.141 e. The molecule has 1 heterocycles. The smallest absolute Gasteiger partial charge is 0.141 e. The van der Waals surface area contributed by atoms with Gasteiger partial charge in [-0.25, -0.2) is 0 Å². The zero-order valence-electron chi connectivity index (χ0n) is 13.8. The molecule has 0 amide bonds. The summed E-state index contributed by atoms with van der Waals surface area (Å²) in [7, 11) is 6.12. The maximum atomic E-state index is 6.00. The third-order valence-electron chi connectivity index (χ3n) is 4.78. The molecule has 1 unspecified atom stereocenters. The van der Waals surface area contributed by atoms with Gasteiger partial charge in [0.05, 0.1) is 12.8 Å². The first-order valence-corrected chi connectivity index (χ1v) is 7.84. The molecule has 1 aliphatic heterocycles. The predicted molar refractivity (Wildman–Crippen MR) is 88.9 cm³/mol. The van der Waals surface area contributed by atoms with Gasteiger partial charge in [-0.15, -0.1) is 0 Å². The molecule has 1 atom stereocenters. The number of anilines is 1. The van der Waals surface area contributed by atoms with Gasteiger partial charge in [0.1, 0.15) is 5.75 Å². The number of hydrogen-bond donors (Lipinski definition) is 1. The molecule has 1 fully saturated rings. The third-order valence-corrected chi connectivity index (χ3v) is 4.78. The largest absolute Gasteiger partial charge is 0.495 e. The Morgan fingerprint density at radius 1 is 1.38 bits per heavy atom. The molecule has 1 aliphatic rings. The molecule has 1 saturated heterocycles. The van der Waals surface area contributed by atoms with Crippen molar-refractivity contribution in [2.75, 3.05) is 40.0 Å². The fourth-order valence-corrected chi connectivity index (χ4v) is 3.16. The molecule has 0 bridgehead atoms. The van der Waals surface area contributed by atoms with Crippen molar-refractivity contribution >= 4 is 5.69 Å². The van der Waals surface area contributed by atoms with E-state index >= 15 is 0 Å². The normalized spacial score (nSPS) is 18.9. The van der Waals surface area contributed by atoms with E-state index in [4.69, 9.17) is 10.5 Å². The summed E-state index contributed by atoms with van der Waals surface area (Å²) in [6.07, 6.45) is 3.56. The molecule has 1 aromatic rings. The summed E-state index contributed by atoms with van der Waals surface area (Å²) in [5, 5.41) is 0. The second-order valence-corrected chi connectivity index (χ2v) is 6.33. The molecule has 21 heavy (non-hydrogen) atoms. The van der Waals surface area contributed by atoms with Crippen LogP contribution in [0.1, 0.15) is 25.3 Å². The summed E-state index contributed by atoms with van der Waals surface area (Å²) < 4.78 is 5.22. The Balaban J connectivity index is 1.94. The molecule has 0 aliphatic carbocycles. The standard InChI is InChI=1S/C17H29N3O/c1-13(20(3)15-7-9-19(2)10-8-15)11-14-5-6-17(21-4)16(18)12-14/h5-6,12-13,15H,7-11,18H2,1-4H3. The molecular formula is C17H29N3O. The van der Waals surface area contributed by atoms with Crippen molar-refractivity contribution in [2.45, 2.75) is 38.3 Å². The monoisotopic (exact) mass is 291 g/mol. The van der Waals surface area contributed by atoms with Crippen molar-refractivity contribution in [1.82, 2.24) is 9.80 Å². The summed E-state index contributed by atoms with van der Waals surface area (Å²) >= 11 is 0. The van der Waals surface area contributed by atoms with E-state index in [1.165, 1.54) is 31.5 Å². The van der Waals surface area contributed by atoms with Crippen molar-refractivity contribution in [3.63, 3.8) is 0 Å². The Labute approximate surface area is 128 Å². The zero-order valence-corrected chi connectivity index (χ0v) is 13.8. The lowest BCUT2D eigenvalue weighted by atomic mass is 9.99. The number of nitrogens with two attached hydrogens (primary N) is 1. The Morgan fingerprint density at radius 3 is 2.62 bits per heavy atom. The van der Waals surface area contributed by atoms with E-state index in [2.05, 4.69) is 36.9 Å². The van der Waals surface area contributed by atoms with E-state index in [1.807, 2.05) is 12.1 Å². The second-order valence-electron chi connectivity index (χ2n) is 6.33. The molecule has 0 saturated carbocycles. The molecule has 4 nitrogen and oxygen atoms in total. The lowest BCUT2D eigenvalue weighted by Crippen LogP contribution is -2.46. The van der Waals surface area contributed by atoms with E-state index in [0.29, 0.717) is 12.1 Å². The van der Waals surface area contributed by atoms with Crippen LogP contribution in [0, 0.1) is 0 Å². The van der Waals surface area contributed by atoms with Gasteiger partial charge in [0, 0.05) is 12.1 Å². The lowest BCUT2D eigenvalue weighted by molar-refractivity contribution is 0.113. The van der Waals surface area contributed by atoms with Crippen LogP contribution >= 0.6 is 0 Å². The van der Waals surface area contributed by atoms with Gasteiger partial charge in [-0.3, -0.25) is 0 Å². The summed E-state index contributed by atoms with van der Waals surface area (Å²) in [5.41, 5.74) is 8.00. The van der Waals surface area contributed by atoms with Crippen LogP contribution in [0.25, 0.3) is 0 Å². The number of methoxy groups -OCH3 is 1. The minimum Gasteiger partial charge on any atom is -0.495 e. The van der Waals surface area contributed by atoms with Gasteiger partial charge in [-0.1, -0.05) is 6.07 Å². The Hall–Kier alpha value is -1.26. The molecule has 0 aromatic heterocycles. The van der Waals surface area contributed by atoms with E-state index in [9.17, 15) is 0 Å². The minimum absolute atomic E-state index is 0.520. The quantitative estimate of drug-likeness (QED) is 0.845. The third kappa shape index (κ3) is 4.11. The van der Waals surface area contributed by atoms with Crippen molar-refractivity contribution in [3.05, 3.63) is 23.8 Å². The number of benzene rings is 1. The van der Waals surface area contributed by atoms with Gasteiger partial charge in [-0.05, 0) is 71.1 Å². The van der Waals surface area contributed by atoms with E-state index in [1.54, 1.807) is 7.11 Å². The SMILES string of the molecule is COc1ccc(CC(C)N(C)C2CCN(C)CC2)cc1N. The highest BCUT2D eigenvalue weighted by Crippen LogP contribution is 2.24. The number of ether oxygens (including phenoxy) is 1. The fraction of sp³-hybridized carbons (Fsp3) is 0.647. The first-order chi connectivity index (χ1) is 10.0. The lowest BCUT2D eigenvalue weighted by Gasteiger charge is -2.38. The number of nitrogens with zero attached hydrogens (tertiary/aromatic N) is 2. The molecule has 1 aromatic carbocycles. The van der Waals surface area contributed by atoms with Crippen molar-refractivity contribution < 1.29 is 4.74 Å². The van der Waals surface area contributed by atoms with Crippen molar-refractivity contribution in [3.8, 4) is 5.75 Å². The Morgan fingerprint density at radius 2 is 2.05 bits per heavy atom. The number of likely N-dealkylation sites (N-methyl/N-ethyl adjacent to an activating group) is 1. The van der Waals surface area contributed by atoms with Crippen LogP contribution in [0.3, 0.4) is 0 Å². The molecule has 2 rings (SSSR count). The molecule has 4 heteroatoms. The molecule has 118 valence electrons. The zero-order chi connectivity index (χ0) is 15.4. The summed E-state index contributed by atoms with van der Waals surface area (Å²) in [4.78, 5) is 4.95. The average Bonchev–Trinajstić information content (AvgIpc) is 2.47. The van der Waals surface area contributed by atoms with E-state index in [0.717, 1.165) is 17.9 Å². The Bertz CT molecular complexity index is 455. The highest BCUT2D eigenvalue weighted by Gasteiger charge is 2.23. The van der Waals surface area contributed by atoms with Gasteiger partial charge in [0.2, 0.25) is 0 Å². The maximum absolute atomic E-state index is 6.00. The molecule has 0 spiro atoms. The topological polar surface area (TPSA) is 41.7 Å². The van der Waals surface area contributed by atoms with Crippen LogP contribution in [0.5, 0.6) is 5.75 Å². The molecular weight excluding hydrogens is 262 g/mol. The number of piperidine rings is 1.